The third kappa shape index (κ3) is 3.30. The number of aliphatic hydroxyl groups is 1. The van der Waals surface area contributed by atoms with Gasteiger partial charge < -0.3 is 10.4 Å². The molecule has 4 heteroatoms. The molecule has 0 aliphatic rings. The highest BCUT2D eigenvalue weighted by Crippen LogP contribution is 2.02. The quantitative estimate of drug-likeness (QED) is 0.717. The van der Waals surface area contributed by atoms with Crippen molar-refractivity contribution in [1.29, 1.82) is 0 Å². The summed E-state index contributed by atoms with van der Waals surface area (Å²) in [5.41, 5.74) is 0. The third-order valence-corrected chi connectivity index (χ3v) is 2.34. The summed E-state index contributed by atoms with van der Waals surface area (Å²) in [4.78, 5) is 4.13. The Morgan fingerprint density at radius 1 is 1.75 bits per heavy atom. The van der Waals surface area contributed by atoms with Gasteiger partial charge in [-0.2, -0.15) is 0 Å². The normalized spacial score (nSPS) is 13.2. The largest absolute Gasteiger partial charge is 0.396 e. The van der Waals surface area contributed by atoms with Crippen molar-refractivity contribution in [3.63, 3.8) is 0 Å². The van der Waals surface area contributed by atoms with Crippen LogP contribution in [0.5, 0.6) is 0 Å². The second-order valence-electron chi connectivity index (χ2n) is 2.84. The summed E-state index contributed by atoms with van der Waals surface area (Å²) >= 11 is 1.65. The molecule has 0 saturated heterocycles. The first-order valence-electron chi connectivity index (χ1n) is 4.03. The Morgan fingerprint density at radius 2 is 2.58 bits per heavy atom. The summed E-state index contributed by atoms with van der Waals surface area (Å²) in [6.45, 7) is 3.90. The lowest BCUT2D eigenvalue weighted by atomic mass is 10.2. The fourth-order valence-corrected chi connectivity index (χ4v) is 1.42. The molecule has 0 spiro atoms. The Morgan fingerprint density at radius 3 is 3.17 bits per heavy atom. The van der Waals surface area contributed by atoms with Gasteiger partial charge in [-0.25, -0.2) is 4.98 Å². The molecule has 0 aliphatic carbocycles. The molecule has 12 heavy (non-hydrogen) atoms. The minimum Gasteiger partial charge on any atom is -0.396 e. The van der Waals surface area contributed by atoms with Crippen LogP contribution in [-0.4, -0.2) is 23.2 Å². The molecule has 68 valence electrons. The van der Waals surface area contributed by atoms with Crippen molar-refractivity contribution in [2.45, 2.75) is 13.5 Å². The first-order valence-corrected chi connectivity index (χ1v) is 4.91. The molecule has 3 nitrogen and oxygen atoms in total. The fourth-order valence-electron chi connectivity index (χ4n) is 0.830. The van der Waals surface area contributed by atoms with Crippen molar-refractivity contribution < 1.29 is 5.11 Å². The predicted octanol–water partition coefficient (Wildman–Crippen LogP) is 0.861. The van der Waals surface area contributed by atoms with E-state index in [4.69, 9.17) is 5.11 Å². The maximum atomic E-state index is 8.74. The molecule has 2 N–H and O–H groups in total. The molecule has 0 bridgehead atoms. The second-order valence-corrected chi connectivity index (χ2v) is 3.82. The summed E-state index contributed by atoms with van der Waals surface area (Å²) in [6, 6.07) is 0. The highest BCUT2D eigenvalue weighted by molar-refractivity contribution is 7.09. The van der Waals surface area contributed by atoms with Crippen LogP contribution in [0.2, 0.25) is 0 Å². The van der Waals surface area contributed by atoms with E-state index < -0.39 is 0 Å². The maximum absolute atomic E-state index is 8.74. The zero-order chi connectivity index (χ0) is 8.81. The van der Waals surface area contributed by atoms with E-state index in [0.29, 0.717) is 5.92 Å². The van der Waals surface area contributed by atoms with Crippen LogP contribution in [0.15, 0.2) is 11.6 Å². The average molecular weight is 186 g/mol. The van der Waals surface area contributed by atoms with Gasteiger partial charge >= 0.3 is 0 Å². The third-order valence-electron chi connectivity index (χ3n) is 1.56. The van der Waals surface area contributed by atoms with Gasteiger partial charge in [-0.3, -0.25) is 0 Å². The van der Waals surface area contributed by atoms with Crippen molar-refractivity contribution in [2.24, 2.45) is 5.92 Å². The number of thiazole rings is 1. The van der Waals surface area contributed by atoms with Gasteiger partial charge in [0.2, 0.25) is 0 Å². The minimum absolute atomic E-state index is 0.241. The molecule has 1 rings (SSSR count). The molecule has 0 aliphatic heterocycles. The molecular formula is C8H14N2OS. The van der Waals surface area contributed by atoms with Crippen molar-refractivity contribution in [1.82, 2.24) is 10.3 Å². The van der Waals surface area contributed by atoms with Gasteiger partial charge in [0.05, 0.1) is 0 Å². The summed E-state index contributed by atoms with van der Waals surface area (Å²) in [5.74, 6) is 0.324. The molecule has 0 aromatic carbocycles. The van der Waals surface area contributed by atoms with E-state index in [1.165, 1.54) is 0 Å². The number of nitrogens with one attached hydrogen (secondary N) is 1. The van der Waals surface area contributed by atoms with Crippen LogP contribution in [0, 0.1) is 5.92 Å². The van der Waals surface area contributed by atoms with Crippen LogP contribution in [-0.2, 0) is 6.54 Å². The van der Waals surface area contributed by atoms with E-state index in [-0.39, 0.29) is 6.61 Å². The molecule has 0 amide bonds. The molecular weight excluding hydrogens is 172 g/mol. The zero-order valence-corrected chi connectivity index (χ0v) is 7.97. The predicted molar refractivity (Wildman–Crippen MR) is 50.1 cm³/mol. The van der Waals surface area contributed by atoms with Gasteiger partial charge in [-0.15, -0.1) is 11.3 Å². The topological polar surface area (TPSA) is 45.1 Å². The molecule has 1 aromatic rings. The highest BCUT2D eigenvalue weighted by atomic mass is 32.1. The Kier molecular flexibility index (Phi) is 4.21. The Labute approximate surface area is 76.5 Å². The second kappa shape index (κ2) is 5.24. The lowest BCUT2D eigenvalue weighted by Crippen LogP contribution is -2.22. The van der Waals surface area contributed by atoms with E-state index in [1.54, 1.807) is 17.5 Å². The SMILES string of the molecule is CC(CO)CNCc1nccs1. The summed E-state index contributed by atoms with van der Waals surface area (Å²) in [6.07, 6.45) is 1.80. The van der Waals surface area contributed by atoms with Crippen molar-refractivity contribution in [3.8, 4) is 0 Å². The molecule has 1 unspecified atom stereocenters. The lowest BCUT2D eigenvalue weighted by molar-refractivity contribution is 0.233. The van der Waals surface area contributed by atoms with Crippen LogP contribution < -0.4 is 5.32 Å². The number of aromatic nitrogens is 1. The first-order chi connectivity index (χ1) is 5.83. The first kappa shape index (κ1) is 9.64. The van der Waals surface area contributed by atoms with E-state index in [9.17, 15) is 0 Å². The van der Waals surface area contributed by atoms with E-state index in [2.05, 4.69) is 10.3 Å². The van der Waals surface area contributed by atoms with Crippen LogP contribution in [0.1, 0.15) is 11.9 Å². The van der Waals surface area contributed by atoms with E-state index >= 15 is 0 Å². The highest BCUT2D eigenvalue weighted by Gasteiger charge is 1.99. The van der Waals surface area contributed by atoms with Crippen LogP contribution in [0.4, 0.5) is 0 Å². The lowest BCUT2D eigenvalue weighted by Gasteiger charge is -2.07. The molecule has 0 saturated carbocycles. The Hall–Kier alpha value is -0.450. The molecule has 1 atom stereocenters. The Bertz CT molecular complexity index is 201. The van der Waals surface area contributed by atoms with Crippen molar-refractivity contribution in [2.75, 3.05) is 13.2 Å². The summed E-state index contributed by atoms with van der Waals surface area (Å²) in [5, 5.41) is 15.0. The van der Waals surface area contributed by atoms with Crippen molar-refractivity contribution in [3.05, 3.63) is 16.6 Å². The average Bonchev–Trinajstić information content (AvgIpc) is 2.57. The molecule has 1 heterocycles. The zero-order valence-electron chi connectivity index (χ0n) is 7.16. The molecule has 1 aromatic heterocycles. The van der Waals surface area contributed by atoms with Crippen LogP contribution in [0.25, 0.3) is 0 Å². The summed E-state index contributed by atoms with van der Waals surface area (Å²) < 4.78 is 0. The van der Waals surface area contributed by atoms with Crippen LogP contribution in [0.3, 0.4) is 0 Å². The molecule has 0 fully saturated rings. The maximum Gasteiger partial charge on any atom is 0.106 e. The van der Waals surface area contributed by atoms with Gasteiger partial charge in [0.25, 0.3) is 0 Å². The minimum atomic E-state index is 0.241. The number of aliphatic hydroxyl groups excluding tert-OH is 1. The van der Waals surface area contributed by atoms with Gasteiger partial charge in [0, 0.05) is 31.3 Å². The Balaban J connectivity index is 2.11. The van der Waals surface area contributed by atoms with Gasteiger partial charge in [0.1, 0.15) is 5.01 Å². The summed E-state index contributed by atoms with van der Waals surface area (Å²) in [7, 11) is 0. The van der Waals surface area contributed by atoms with E-state index in [0.717, 1.165) is 18.1 Å². The van der Waals surface area contributed by atoms with Crippen LogP contribution >= 0.6 is 11.3 Å². The number of hydrogen-bond acceptors (Lipinski definition) is 4. The number of nitrogens with zero attached hydrogens (tertiary/aromatic N) is 1. The standard InChI is InChI=1S/C8H14N2OS/c1-7(6-11)4-9-5-8-10-2-3-12-8/h2-3,7,9,11H,4-6H2,1H3. The van der Waals surface area contributed by atoms with Gasteiger partial charge in [-0.1, -0.05) is 6.92 Å². The molecule has 0 radical (unpaired) electrons. The van der Waals surface area contributed by atoms with Crippen molar-refractivity contribution >= 4 is 11.3 Å². The van der Waals surface area contributed by atoms with Gasteiger partial charge in [0.15, 0.2) is 0 Å². The monoisotopic (exact) mass is 186 g/mol. The number of hydrogen-bond donors (Lipinski definition) is 2. The smallest absolute Gasteiger partial charge is 0.106 e. The van der Waals surface area contributed by atoms with E-state index in [1.807, 2.05) is 12.3 Å². The van der Waals surface area contributed by atoms with Gasteiger partial charge in [-0.05, 0) is 5.92 Å². The fraction of sp³-hybridized carbons (Fsp3) is 0.625. The number of rotatable bonds is 5.